The lowest BCUT2D eigenvalue weighted by Crippen LogP contribution is -2.21. The van der Waals surface area contributed by atoms with Crippen LogP contribution in [0.15, 0.2) is 23.1 Å². The number of nitrogens with two attached hydrogens (primary N) is 1. The number of nitrogens with zero attached hydrogens (tertiary/aromatic N) is 1. The minimum Gasteiger partial charge on any atom is -0.271 e. The van der Waals surface area contributed by atoms with Crippen molar-refractivity contribution in [1.82, 2.24) is 5.43 Å². The maximum absolute atomic E-state index is 11.1. The summed E-state index contributed by atoms with van der Waals surface area (Å²) >= 11 is 0. The summed E-state index contributed by atoms with van der Waals surface area (Å²) in [6.45, 7) is 0.146. The van der Waals surface area contributed by atoms with Crippen molar-refractivity contribution in [2.75, 3.05) is 6.54 Å². The highest BCUT2D eigenvalue weighted by atomic mass is 35.7. The summed E-state index contributed by atoms with van der Waals surface area (Å²) in [6, 6.07) is 3.23. The Labute approximate surface area is 107 Å². The molecule has 1 aromatic rings. The van der Waals surface area contributed by atoms with E-state index < -0.39 is 19.7 Å². The van der Waals surface area contributed by atoms with Crippen LogP contribution in [0, 0.1) is 22.0 Å². The molecule has 0 amide bonds. The zero-order valence-electron chi connectivity index (χ0n) is 8.88. The quantitative estimate of drug-likeness (QED) is 0.272. The van der Waals surface area contributed by atoms with Crippen LogP contribution in [0.4, 0.5) is 5.69 Å². The van der Waals surface area contributed by atoms with Gasteiger partial charge in [0.2, 0.25) is 0 Å². The van der Waals surface area contributed by atoms with Crippen molar-refractivity contribution in [3.63, 3.8) is 0 Å². The van der Waals surface area contributed by atoms with Crippen LogP contribution in [0.2, 0.25) is 0 Å². The van der Waals surface area contributed by atoms with Gasteiger partial charge in [-0.15, -0.1) is 0 Å². The monoisotopic (exact) mass is 289 g/mol. The Kier molecular flexibility index (Phi) is 4.63. The molecule has 0 saturated carbocycles. The number of hydrazine groups is 1. The van der Waals surface area contributed by atoms with Crippen LogP contribution in [0.1, 0.15) is 5.56 Å². The van der Waals surface area contributed by atoms with Gasteiger partial charge in [0.05, 0.1) is 16.4 Å². The maximum atomic E-state index is 11.1. The number of nitrogens with one attached hydrogen (secondary N) is 1. The van der Waals surface area contributed by atoms with Crippen LogP contribution in [-0.2, 0) is 9.05 Å². The zero-order chi connectivity index (χ0) is 13.8. The van der Waals surface area contributed by atoms with E-state index in [0.717, 1.165) is 12.1 Å². The summed E-state index contributed by atoms with van der Waals surface area (Å²) in [5, 5.41) is 10.8. The Balaban J connectivity index is 3.31. The molecule has 0 aliphatic heterocycles. The molecule has 0 bridgehead atoms. The molecule has 0 aromatic heterocycles. The summed E-state index contributed by atoms with van der Waals surface area (Å²) in [7, 11) is 1.09. The molecule has 1 rings (SSSR count). The molecule has 0 spiro atoms. The lowest BCUT2D eigenvalue weighted by Gasteiger charge is -1.99. The first-order valence-electron chi connectivity index (χ1n) is 4.51. The Morgan fingerprint density at radius 1 is 1.50 bits per heavy atom. The molecule has 0 fully saturated rings. The van der Waals surface area contributed by atoms with E-state index in [0.29, 0.717) is 0 Å². The lowest BCUT2D eigenvalue weighted by molar-refractivity contribution is -0.385. The van der Waals surface area contributed by atoms with Crippen molar-refractivity contribution in [2.45, 2.75) is 4.90 Å². The van der Waals surface area contributed by atoms with E-state index in [1.165, 1.54) is 6.07 Å². The van der Waals surface area contributed by atoms with Gasteiger partial charge in [-0.3, -0.25) is 16.0 Å². The fraction of sp³-hybridized carbons (Fsp3) is 0.111. The third kappa shape index (κ3) is 3.68. The second-order valence-electron chi connectivity index (χ2n) is 3.06. The molecule has 3 N–H and O–H groups in total. The first-order valence-corrected chi connectivity index (χ1v) is 6.82. The fourth-order valence-corrected chi connectivity index (χ4v) is 1.88. The maximum Gasteiger partial charge on any atom is 0.286 e. The molecular formula is C9H8ClN3O4S. The van der Waals surface area contributed by atoms with E-state index in [2.05, 4.69) is 17.3 Å². The summed E-state index contributed by atoms with van der Waals surface area (Å²) in [4.78, 5) is 9.71. The van der Waals surface area contributed by atoms with Gasteiger partial charge in [-0.05, 0) is 12.1 Å². The number of rotatable bonds is 3. The van der Waals surface area contributed by atoms with Crippen LogP contribution in [-0.4, -0.2) is 19.9 Å². The van der Waals surface area contributed by atoms with Gasteiger partial charge in [0, 0.05) is 16.7 Å². The van der Waals surface area contributed by atoms with Crippen molar-refractivity contribution in [2.24, 2.45) is 5.84 Å². The van der Waals surface area contributed by atoms with Crippen LogP contribution in [0.3, 0.4) is 0 Å². The smallest absolute Gasteiger partial charge is 0.271 e. The number of benzene rings is 1. The molecule has 0 aliphatic rings. The molecule has 0 heterocycles. The Hall–Kier alpha value is -1.66. The van der Waals surface area contributed by atoms with Gasteiger partial charge in [0.1, 0.15) is 5.56 Å². The standard InChI is InChI=1S/C9H8ClN3O4S/c10-18(16,17)8-4-3-7(2-1-5-12-11)9(6-8)13(14)15/h3-4,6,12H,5,11H2. The molecule has 0 atom stereocenters. The summed E-state index contributed by atoms with van der Waals surface area (Å²) < 4.78 is 22.1. The van der Waals surface area contributed by atoms with Gasteiger partial charge in [-0.1, -0.05) is 11.8 Å². The van der Waals surface area contributed by atoms with Gasteiger partial charge in [-0.2, -0.15) is 0 Å². The molecule has 0 aliphatic carbocycles. The summed E-state index contributed by atoms with van der Waals surface area (Å²) in [5.41, 5.74) is 1.92. The second kappa shape index (κ2) is 5.79. The second-order valence-corrected chi connectivity index (χ2v) is 5.62. The third-order valence-electron chi connectivity index (χ3n) is 1.86. The third-order valence-corrected chi connectivity index (χ3v) is 3.21. The first-order chi connectivity index (χ1) is 8.36. The molecule has 0 saturated heterocycles. The first kappa shape index (κ1) is 14.4. The molecule has 0 radical (unpaired) electrons. The average Bonchev–Trinajstić information content (AvgIpc) is 2.28. The van der Waals surface area contributed by atoms with Crippen molar-refractivity contribution >= 4 is 25.4 Å². The molecule has 1 aromatic carbocycles. The van der Waals surface area contributed by atoms with E-state index in [-0.39, 0.29) is 17.0 Å². The fourth-order valence-electron chi connectivity index (χ4n) is 1.11. The average molecular weight is 290 g/mol. The minimum absolute atomic E-state index is 0.0827. The SMILES string of the molecule is NNCC#Cc1ccc(S(=O)(=O)Cl)cc1[N+](=O)[O-]. The number of nitro benzene ring substituents is 1. The summed E-state index contributed by atoms with van der Waals surface area (Å²) in [5.74, 6) is 10.0. The highest BCUT2D eigenvalue weighted by Gasteiger charge is 2.18. The van der Waals surface area contributed by atoms with E-state index in [4.69, 9.17) is 16.5 Å². The van der Waals surface area contributed by atoms with Crippen LogP contribution < -0.4 is 11.3 Å². The number of hydrogen-bond acceptors (Lipinski definition) is 6. The molecule has 7 nitrogen and oxygen atoms in total. The van der Waals surface area contributed by atoms with Crippen molar-refractivity contribution < 1.29 is 13.3 Å². The Bertz CT molecular complexity index is 633. The normalized spacial score (nSPS) is 10.6. The topological polar surface area (TPSA) is 115 Å². The molecule has 18 heavy (non-hydrogen) atoms. The van der Waals surface area contributed by atoms with Gasteiger partial charge in [-0.25, -0.2) is 13.8 Å². The lowest BCUT2D eigenvalue weighted by atomic mass is 10.2. The van der Waals surface area contributed by atoms with E-state index in [1.54, 1.807) is 0 Å². The van der Waals surface area contributed by atoms with Gasteiger partial charge < -0.3 is 0 Å². The van der Waals surface area contributed by atoms with E-state index >= 15 is 0 Å². The minimum atomic E-state index is -4.01. The number of halogens is 1. The summed E-state index contributed by atoms with van der Waals surface area (Å²) in [6.07, 6.45) is 0. The van der Waals surface area contributed by atoms with Crippen molar-refractivity contribution in [1.29, 1.82) is 0 Å². The predicted octanol–water partition coefficient (Wildman–Crippen LogP) is 0.337. The van der Waals surface area contributed by atoms with E-state index in [9.17, 15) is 18.5 Å². The van der Waals surface area contributed by atoms with Gasteiger partial charge >= 0.3 is 0 Å². The molecular weight excluding hydrogens is 282 g/mol. The Morgan fingerprint density at radius 3 is 2.67 bits per heavy atom. The Morgan fingerprint density at radius 2 is 2.17 bits per heavy atom. The van der Waals surface area contributed by atoms with Crippen molar-refractivity contribution in [3.8, 4) is 11.8 Å². The highest BCUT2D eigenvalue weighted by molar-refractivity contribution is 8.13. The van der Waals surface area contributed by atoms with Crippen LogP contribution >= 0.6 is 10.7 Å². The zero-order valence-corrected chi connectivity index (χ0v) is 10.5. The molecule has 0 unspecified atom stereocenters. The van der Waals surface area contributed by atoms with Gasteiger partial charge in [0.25, 0.3) is 14.7 Å². The van der Waals surface area contributed by atoms with Crippen molar-refractivity contribution in [3.05, 3.63) is 33.9 Å². The predicted molar refractivity (Wildman–Crippen MR) is 65.2 cm³/mol. The number of hydrogen-bond donors (Lipinski definition) is 2. The van der Waals surface area contributed by atoms with Crippen LogP contribution in [0.5, 0.6) is 0 Å². The molecule has 9 heteroatoms. The largest absolute Gasteiger partial charge is 0.286 e. The molecule has 96 valence electrons. The van der Waals surface area contributed by atoms with Gasteiger partial charge in [0.15, 0.2) is 0 Å². The van der Waals surface area contributed by atoms with Crippen LogP contribution in [0.25, 0.3) is 0 Å². The van der Waals surface area contributed by atoms with E-state index in [1.807, 2.05) is 0 Å². The highest BCUT2D eigenvalue weighted by Crippen LogP contribution is 2.24. The number of nitro groups is 1.